The van der Waals surface area contributed by atoms with E-state index in [1.54, 1.807) is 0 Å². The van der Waals surface area contributed by atoms with Crippen molar-refractivity contribution in [2.75, 3.05) is 0 Å². The van der Waals surface area contributed by atoms with Crippen LogP contribution < -0.4 is 0 Å². The molecule has 0 N–H and O–H groups in total. The Bertz CT molecular complexity index is 1240. The lowest BCUT2D eigenvalue weighted by Gasteiger charge is -2.41. The summed E-state index contributed by atoms with van der Waals surface area (Å²) in [6.07, 6.45) is 6.96. The lowest BCUT2D eigenvalue weighted by Crippen LogP contribution is -2.32. The summed E-state index contributed by atoms with van der Waals surface area (Å²) in [7, 11) is 0. The SMILES string of the molecule is C=Cc1ccc(-c2ccc3c(c2)C(CC)(CC)c2cc(-c4ccc(C=C)cc4)ccc2C3)cc1. The van der Waals surface area contributed by atoms with Gasteiger partial charge in [-0.1, -0.05) is 112 Å². The van der Waals surface area contributed by atoms with Crippen molar-refractivity contribution < 1.29 is 0 Å². The van der Waals surface area contributed by atoms with Crippen LogP contribution in [0.1, 0.15) is 60.1 Å². The molecule has 0 heterocycles. The van der Waals surface area contributed by atoms with Crippen LogP contribution in [0, 0.1) is 0 Å². The van der Waals surface area contributed by atoms with Crippen LogP contribution >= 0.6 is 0 Å². The minimum absolute atomic E-state index is 0.0249. The molecule has 0 spiro atoms. The van der Waals surface area contributed by atoms with Gasteiger partial charge in [0.25, 0.3) is 0 Å². The van der Waals surface area contributed by atoms with Crippen LogP contribution in [0.15, 0.2) is 98.1 Å². The monoisotopic (exact) mass is 440 g/mol. The largest absolute Gasteiger partial charge is 0.0985 e. The Morgan fingerprint density at radius 1 is 0.588 bits per heavy atom. The second-order valence-corrected chi connectivity index (χ2v) is 9.36. The molecule has 0 saturated heterocycles. The van der Waals surface area contributed by atoms with Gasteiger partial charge in [-0.2, -0.15) is 0 Å². The van der Waals surface area contributed by atoms with Crippen molar-refractivity contribution in [3.63, 3.8) is 0 Å². The third-order valence-electron chi connectivity index (χ3n) is 7.80. The summed E-state index contributed by atoms with van der Waals surface area (Å²) >= 11 is 0. The summed E-state index contributed by atoms with van der Waals surface area (Å²) in [5, 5.41) is 0. The Balaban J connectivity index is 1.63. The Hall–Kier alpha value is -3.64. The van der Waals surface area contributed by atoms with E-state index < -0.39 is 0 Å². The summed E-state index contributed by atoms with van der Waals surface area (Å²) in [5.41, 5.74) is 13.4. The second-order valence-electron chi connectivity index (χ2n) is 9.36. The number of benzene rings is 4. The molecule has 0 amide bonds. The van der Waals surface area contributed by atoms with Gasteiger partial charge in [-0.15, -0.1) is 0 Å². The van der Waals surface area contributed by atoms with Crippen LogP contribution in [0.4, 0.5) is 0 Å². The fraction of sp³-hybridized carbons (Fsp3) is 0.176. The molecule has 168 valence electrons. The summed E-state index contributed by atoms with van der Waals surface area (Å²) in [6, 6.07) is 31.6. The maximum atomic E-state index is 3.89. The Kier molecular flexibility index (Phi) is 5.84. The van der Waals surface area contributed by atoms with Gasteiger partial charge in [-0.3, -0.25) is 0 Å². The van der Waals surface area contributed by atoms with Gasteiger partial charge in [0.1, 0.15) is 0 Å². The standard InChI is InChI=1S/C34H32/c1-5-24-9-13-26(14-10-24)28-17-19-30-21-31-20-18-29(27-15-11-25(6-2)12-16-27)23-33(31)34(7-3,8-4)32(30)22-28/h5-6,9-20,22-23H,1-2,7-8,21H2,3-4H3. The van der Waals surface area contributed by atoms with E-state index in [0.29, 0.717) is 0 Å². The van der Waals surface area contributed by atoms with Gasteiger partial charge < -0.3 is 0 Å². The quantitative estimate of drug-likeness (QED) is 0.280. The molecule has 0 radical (unpaired) electrons. The Labute approximate surface area is 204 Å². The maximum Gasteiger partial charge on any atom is 0.0203 e. The molecule has 0 saturated carbocycles. The highest BCUT2D eigenvalue weighted by Crippen LogP contribution is 2.48. The van der Waals surface area contributed by atoms with Crippen molar-refractivity contribution in [3.8, 4) is 22.3 Å². The fourth-order valence-corrected chi connectivity index (χ4v) is 5.70. The van der Waals surface area contributed by atoms with E-state index in [1.807, 2.05) is 12.2 Å². The molecule has 4 aromatic rings. The summed E-state index contributed by atoms with van der Waals surface area (Å²) in [4.78, 5) is 0. The zero-order valence-electron chi connectivity index (χ0n) is 20.3. The maximum absolute atomic E-state index is 3.89. The zero-order valence-corrected chi connectivity index (χ0v) is 20.3. The summed E-state index contributed by atoms with van der Waals surface area (Å²) in [5.74, 6) is 0. The molecule has 4 aromatic carbocycles. The Morgan fingerprint density at radius 3 is 1.32 bits per heavy atom. The van der Waals surface area contributed by atoms with E-state index in [1.165, 1.54) is 44.5 Å². The molecule has 1 aliphatic carbocycles. The molecule has 0 nitrogen and oxygen atoms in total. The third kappa shape index (κ3) is 3.64. The molecular weight excluding hydrogens is 408 g/mol. The Morgan fingerprint density at radius 2 is 0.971 bits per heavy atom. The first-order chi connectivity index (χ1) is 16.6. The molecule has 0 atom stereocenters. The van der Waals surface area contributed by atoms with E-state index in [0.717, 1.165) is 30.4 Å². The first-order valence-electron chi connectivity index (χ1n) is 12.3. The number of fused-ring (bicyclic) bond motifs is 2. The van der Waals surface area contributed by atoms with Crippen LogP contribution in [-0.4, -0.2) is 0 Å². The van der Waals surface area contributed by atoms with E-state index >= 15 is 0 Å². The van der Waals surface area contributed by atoms with Crippen LogP contribution in [0.2, 0.25) is 0 Å². The molecule has 5 rings (SSSR count). The summed E-state index contributed by atoms with van der Waals surface area (Å²) in [6.45, 7) is 12.5. The number of hydrogen-bond acceptors (Lipinski definition) is 0. The van der Waals surface area contributed by atoms with Crippen LogP contribution in [0.3, 0.4) is 0 Å². The predicted molar refractivity (Wildman–Crippen MR) is 148 cm³/mol. The lowest BCUT2D eigenvalue weighted by atomic mass is 9.63. The van der Waals surface area contributed by atoms with Gasteiger partial charge in [0, 0.05) is 5.41 Å². The molecule has 1 aliphatic rings. The summed E-state index contributed by atoms with van der Waals surface area (Å²) < 4.78 is 0. The van der Waals surface area contributed by atoms with Gasteiger partial charge >= 0.3 is 0 Å². The second kappa shape index (κ2) is 8.95. The molecule has 0 bridgehead atoms. The molecule has 0 aliphatic heterocycles. The molecule has 0 heteroatoms. The van der Waals surface area contributed by atoms with Gasteiger partial charge in [0.05, 0.1) is 0 Å². The van der Waals surface area contributed by atoms with Crippen molar-refractivity contribution in [2.45, 2.75) is 38.5 Å². The van der Waals surface area contributed by atoms with Crippen molar-refractivity contribution >= 4 is 12.2 Å². The van der Waals surface area contributed by atoms with Crippen LogP contribution in [0.25, 0.3) is 34.4 Å². The highest BCUT2D eigenvalue weighted by molar-refractivity contribution is 5.72. The first-order valence-corrected chi connectivity index (χ1v) is 12.3. The molecule has 0 fully saturated rings. The topological polar surface area (TPSA) is 0 Å². The van der Waals surface area contributed by atoms with Gasteiger partial charge in [0.15, 0.2) is 0 Å². The van der Waals surface area contributed by atoms with Gasteiger partial charge in [0.2, 0.25) is 0 Å². The molecule has 0 aromatic heterocycles. The van der Waals surface area contributed by atoms with E-state index in [2.05, 4.69) is 112 Å². The fourth-order valence-electron chi connectivity index (χ4n) is 5.70. The van der Waals surface area contributed by atoms with E-state index in [-0.39, 0.29) is 5.41 Å². The van der Waals surface area contributed by atoms with Crippen molar-refractivity contribution in [2.24, 2.45) is 0 Å². The smallest absolute Gasteiger partial charge is 0.0203 e. The molecule has 34 heavy (non-hydrogen) atoms. The minimum atomic E-state index is 0.0249. The van der Waals surface area contributed by atoms with Crippen LogP contribution in [0.5, 0.6) is 0 Å². The molecular formula is C34H32. The predicted octanol–water partition coefficient (Wildman–Crippen LogP) is 9.32. The highest BCUT2D eigenvalue weighted by Gasteiger charge is 2.38. The van der Waals surface area contributed by atoms with Gasteiger partial charge in [-0.25, -0.2) is 0 Å². The average Bonchev–Trinajstić information content (AvgIpc) is 2.91. The van der Waals surface area contributed by atoms with Crippen LogP contribution in [-0.2, 0) is 11.8 Å². The van der Waals surface area contributed by atoms with Crippen molar-refractivity contribution in [1.82, 2.24) is 0 Å². The van der Waals surface area contributed by atoms with E-state index in [4.69, 9.17) is 0 Å². The van der Waals surface area contributed by atoms with E-state index in [9.17, 15) is 0 Å². The number of hydrogen-bond donors (Lipinski definition) is 0. The minimum Gasteiger partial charge on any atom is -0.0985 e. The van der Waals surface area contributed by atoms with Crippen molar-refractivity contribution in [1.29, 1.82) is 0 Å². The lowest BCUT2D eigenvalue weighted by molar-refractivity contribution is 0.463. The highest BCUT2D eigenvalue weighted by atomic mass is 14.4. The third-order valence-corrected chi connectivity index (χ3v) is 7.80. The average molecular weight is 441 g/mol. The molecule has 0 unspecified atom stereocenters. The van der Waals surface area contributed by atoms with Gasteiger partial charge in [-0.05, 0) is 87.0 Å². The van der Waals surface area contributed by atoms with Crippen molar-refractivity contribution in [3.05, 3.63) is 131 Å². The normalized spacial score (nSPS) is 13.6. The first kappa shape index (κ1) is 22.2. The zero-order chi connectivity index (χ0) is 23.7. The number of rotatable bonds is 6.